The quantitative estimate of drug-likeness (QED) is 0.728. The first-order valence-electron chi connectivity index (χ1n) is 9.26. The zero-order valence-electron chi connectivity index (χ0n) is 16.2. The molecule has 0 aliphatic carbocycles. The SMILES string of the molecule is CCN(C)Cc1cccc(CNC(=O)CNC(=O)c2ccc3c(c2)OCO3)c1. The predicted octanol–water partition coefficient (Wildman–Crippen LogP) is 1.91. The summed E-state index contributed by atoms with van der Waals surface area (Å²) in [5.41, 5.74) is 2.65. The van der Waals surface area contributed by atoms with Gasteiger partial charge in [-0.2, -0.15) is 0 Å². The van der Waals surface area contributed by atoms with Gasteiger partial charge in [-0.25, -0.2) is 0 Å². The molecule has 148 valence electrons. The number of rotatable bonds is 8. The van der Waals surface area contributed by atoms with Gasteiger partial charge in [-0.05, 0) is 42.9 Å². The summed E-state index contributed by atoms with van der Waals surface area (Å²) >= 11 is 0. The standard InChI is InChI=1S/C21H25N3O4/c1-3-24(2)13-16-6-4-5-15(9-16)11-22-20(25)12-23-21(26)17-7-8-18-19(10-17)28-14-27-18/h4-10H,3,11-14H2,1-2H3,(H,22,25)(H,23,26). The van der Waals surface area contributed by atoms with E-state index in [0.29, 0.717) is 23.6 Å². The lowest BCUT2D eigenvalue weighted by atomic mass is 10.1. The van der Waals surface area contributed by atoms with Crippen molar-refractivity contribution in [3.8, 4) is 11.5 Å². The monoisotopic (exact) mass is 383 g/mol. The third kappa shape index (κ3) is 5.23. The average Bonchev–Trinajstić information content (AvgIpc) is 3.18. The minimum atomic E-state index is -0.335. The van der Waals surface area contributed by atoms with Gasteiger partial charge in [0.1, 0.15) is 0 Å². The summed E-state index contributed by atoms with van der Waals surface area (Å²) in [6.07, 6.45) is 0. The second-order valence-electron chi connectivity index (χ2n) is 6.68. The molecule has 0 bridgehead atoms. The largest absolute Gasteiger partial charge is 0.454 e. The number of ether oxygens (including phenoxy) is 2. The first-order valence-corrected chi connectivity index (χ1v) is 9.26. The van der Waals surface area contributed by atoms with Gasteiger partial charge in [0.05, 0.1) is 6.54 Å². The lowest BCUT2D eigenvalue weighted by Crippen LogP contribution is -2.36. The van der Waals surface area contributed by atoms with E-state index in [9.17, 15) is 9.59 Å². The van der Waals surface area contributed by atoms with E-state index in [1.807, 2.05) is 12.1 Å². The first kappa shape index (κ1) is 19.7. The Kier molecular flexibility index (Phi) is 6.49. The van der Waals surface area contributed by atoms with Gasteiger partial charge >= 0.3 is 0 Å². The molecule has 2 aromatic carbocycles. The van der Waals surface area contributed by atoms with Crippen molar-refractivity contribution in [2.24, 2.45) is 0 Å². The van der Waals surface area contributed by atoms with Gasteiger partial charge < -0.3 is 25.0 Å². The summed E-state index contributed by atoms with van der Waals surface area (Å²) in [6.45, 7) is 4.43. The van der Waals surface area contributed by atoms with E-state index in [4.69, 9.17) is 9.47 Å². The van der Waals surface area contributed by atoms with Crippen LogP contribution in [0.2, 0.25) is 0 Å². The molecule has 0 saturated heterocycles. The molecule has 0 aromatic heterocycles. The van der Waals surface area contributed by atoms with Crippen LogP contribution in [0.5, 0.6) is 11.5 Å². The Balaban J connectivity index is 1.46. The fourth-order valence-corrected chi connectivity index (χ4v) is 2.82. The Morgan fingerprint density at radius 2 is 1.82 bits per heavy atom. The maximum Gasteiger partial charge on any atom is 0.251 e. The molecule has 7 nitrogen and oxygen atoms in total. The van der Waals surface area contributed by atoms with Gasteiger partial charge in [0.2, 0.25) is 12.7 Å². The minimum absolute atomic E-state index is 0.0917. The molecule has 1 aliphatic rings. The molecule has 0 fully saturated rings. The zero-order chi connectivity index (χ0) is 19.9. The van der Waals surface area contributed by atoms with E-state index >= 15 is 0 Å². The van der Waals surface area contributed by atoms with Crippen molar-refractivity contribution in [2.75, 3.05) is 26.9 Å². The molecule has 2 amide bonds. The number of fused-ring (bicyclic) bond motifs is 1. The molecule has 2 aromatic rings. The lowest BCUT2D eigenvalue weighted by molar-refractivity contribution is -0.120. The fraction of sp³-hybridized carbons (Fsp3) is 0.333. The highest BCUT2D eigenvalue weighted by molar-refractivity contribution is 5.97. The highest BCUT2D eigenvalue weighted by Gasteiger charge is 2.16. The van der Waals surface area contributed by atoms with Crippen LogP contribution in [0, 0.1) is 0 Å². The fourth-order valence-electron chi connectivity index (χ4n) is 2.82. The Morgan fingerprint density at radius 3 is 2.64 bits per heavy atom. The van der Waals surface area contributed by atoms with Crippen LogP contribution in [0.1, 0.15) is 28.4 Å². The minimum Gasteiger partial charge on any atom is -0.454 e. The number of nitrogens with one attached hydrogen (secondary N) is 2. The van der Waals surface area contributed by atoms with Gasteiger partial charge in [0.15, 0.2) is 11.5 Å². The molecule has 0 atom stereocenters. The second-order valence-corrected chi connectivity index (χ2v) is 6.68. The summed E-state index contributed by atoms with van der Waals surface area (Å²) in [7, 11) is 2.07. The van der Waals surface area contributed by atoms with E-state index < -0.39 is 0 Å². The molecule has 0 unspecified atom stereocenters. The average molecular weight is 383 g/mol. The summed E-state index contributed by atoms with van der Waals surface area (Å²) in [5, 5.41) is 5.45. The number of hydrogen-bond acceptors (Lipinski definition) is 5. The summed E-state index contributed by atoms with van der Waals surface area (Å²) in [4.78, 5) is 26.5. The normalized spacial score (nSPS) is 12.1. The highest BCUT2D eigenvalue weighted by Crippen LogP contribution is 2.32. The third-order valence-corrected chi connectivity index (χ3v) is 4.52. The topological polar surface area (TPSA) is 79.9 Å². The van der Waals surface area contributed by atoms with Gasteiger partial charge in [-0.15, -0.1) is 0 Å². The van der Waals surface area contributed by atoms with Gasteiger partial charge in [0, 0.05) is 18.7 Å². The Morgan fingerprint density at radius 1 is 1.04 bits per heavy atom. The maximum absolute atomic E-state index is 12.2. The molecular formula is C21H25N3O4. The second kappa shape index (κ2) is 9.23. The van der Waals surface area contributed by atoms with Crippen molar-refractivity contribution in [3.05, 3.63) is 59.2 Å². The zero-order valence-corrected chi connectivity index (χ0v) is 16.2. The van der Waals surface area contributed by atoms with Gasteiger partial charge in [-0.1, -0.05) is 31.2 Å². The number of carbonyl (C=O) groups is 2. The van der Waals surface area contributed by atoms with Crippen LogP contribution in [0.25, 0.3) is 0 Å². The van der Waals surface area contributed by atoms with Crippen LogP contribution in [0.3, 0.4) is 0 Å². The van der Waals surface area contributed by atoms with E-state index in [1.165, 1.54) is 5.56 Å². The third-order valence-electron chi connectivity index (χ3n) is 4.52. The Labute approximate surface area is 164 Å². The molecule has 0 radical (unpaired) electrons. The number of hydrogen-bond donors (Lipinski definition) is 2. The Hall–Kier alpha value is -3.06. The van der Waals surface area contributed by atoms with Crippen molar-refractivity contribution in [1.29, 1.82) is 0 Å². The van der Waals surface area contributed by atoms with Crippen LogP contribution < -0.4 is 20.1 Å². The van der Waals surface area contributed by atoms with Crippen LogP contribution >= 0.6 is 0 Å². The molecule has 2 N–H and O–H groups in total. The summed E-state index contributed by atoms with van der Waals surface area (Å²) in [6, 6.07) is 13.0. The predicted molar refractivity (Wildman–Crippen MR) is 105 cm³/mol. The van der Waals surface area contributed by atoms with Crippen molar-refractivity contribution in [2.45, 2.75) is 20.0 Å². The van der Waals surface area contributed by atoms with Crippen molar-refractivity contribution in [1.82, 2.24) is 15.5 Å². The van der Waals surface area contributed by atoms with E-state index in [2.05, 4.69) is 41.6 Å². The molecule has 1 heterocycles. The van der Waals surface area contributed by atoms with Gasteiger partial charge in [-0.3, -0.25) is 9.59 Å². The van der Waals surface area contributed by atoms with Crippen LogP contribution in [0.4, 0.5) is 0 Å². The van der Waals surface area contributed by atoms with Crippen LogP contribution in [-0.2, 0) is 17.9 Å². The van der Waals surface area contributed by atoms with Crippen molar-refractivity contribution in [3.63, 3.8) is 0 Å². The van der Waals surface area contributed by atoms with Crippen LogP contribution in [-0.4, -0.2) is 43.6 Å². The van der Waals surface area contributed by atoms with E-state index in [-0.39, 0.29) is 25.2 Å². The smallest absolute Gasteiger partial charge is 0.251 e. The van der Waals surface area contributed by atoms with E-state index in [0.717, 1.165) is 18.7 Å². The lowest BCUT2D eigenvalue weighted by Gasteiger charge is -2.14. The summed E-state index contributed by atoms with van der Waals surface area (Å²) in [5.74, 6) is 0.565. The van der Waals surface area contributed by atoms with Gasteiger partial charge in [0.25, 0.3) is 5.91 Å². The maximum atomic E-state index is 12.2. The van der Waals surface area contributed by atoms with Crippen LogP contribution in [0.15, 0.2) is 42.5 Å². The number of carbonyl (C=O) groups excluding carboxylic acids is 2. The van der Waals surface area contributed by atoms with Crippen molar-refractivity contribution >= 4 is 11.8 Å². The number of amides is 2. The Bertz CT molecular complexity index is 853. The first-order chi connectivity index (χ1) is 13.5. The molecule has 0 spiro atoms. The highest BCUT2D eigenvalue weighted by atomic mass is 16.7. The molecule has 28 heavy (non-hydrogen) atoms. The molecule has 7 heteroatoms. The number of benzene rings is 2. The molecule has 0 saturated carbocycles. The van der Waals surface area contributed by atoms with E-state index in [1.54, 1.807) is 18.2 Å². The number of nitrogens with zero attached hydrogens (tertiary/aromatic N) is 1. The molecule has 1 aliphatic heterocycles. The summed E-state index contributed by atoms with van der Waals surface area (Å²) < 4.78 is 10.5. The molecular weight excluding hydrogens is 358 g/mol. The molecule has 3 rings (SSSR count). The van der Waals surface area contributed by atoms with Crippen molar-refractivity contribution < 1.29 is 19.1 Å².